The summed E-state index contributed by atoms with van der Waals surface area (Å²) in [6.07, 6.45) is 0. The van der Waals surface area contributed by atoms with Crippen LogP contribution in [0.2, 0.25) is 0 Å². The second kappa shape index (κ2) is 32.5. The van der Waals surface area contributed by atoms with Crippen molar-refractivity contribution < 1.29 is 47.4 Å². The van der Waals surface area contributed by atoms with Crippen molar-refractivity contribution in [2.75, 3.05) is 145 Å². The first-order chi connectivity index (χ1) is 16.9. The van der Waals surface area contributed by atoms with Crippen molar-refractivity contribution in [3.05, 3.63) is 0 Å². The highest BCUT2D eigenvalue weighted by Crippen LogP contribution is 1.86. The molecule has 0 spiro atoms. The maximum Gasteiger partial charge on any atom is 0.0701 e. The van der Waals surface area contributed by atoms with E-state index in [0.29, 0.717) is 145 Å². The van der Waals surface area contributed by atoms with Gasteiger partial charge in [0.1, 0.15) is 0 Å². The van der Waals surface area contributed by atoms with Gasteiger partial charge in [0.15, 0.2) is 0 Å². The van der Waals surface area contributed by atoms with Crippen LogP contribution in [-0.2, 0) is 47.4 Å². The van der Waals surface area contributed by atoms with Gasteiger partial charge < -0.3 is 58.8 Å². The number of ether oxygens (including phenoxy) is 10. The fourth-order valence-corrected chi connectivity index (χ4v) is 2.25. The molecule has 0 amide bonds. The summed E-state index contributed by atoms with van der Waals surface area (Å²) in [5.41, 5.74) is 10.6. The van der Waals surface area contributed by atoms with Crippen LogP contribution in [0.1, 0.15) is 0 Å². The fourth-order valence-electron chi connectivity index (χ4n) is 2.25. The summed E-state index contributed by atoms with van der Waals surface area (Å²) in [7, 11) is 0. The molecule has 12 nitrogen and oxygen atoms in total. The Kier molecular flexibility index (Phi) is 32.1. The van der Waals surface area contributed by atoms with E-state index in [9.17, 15) is 0 Å². The second-order valence-corrected chi connectivity index (χ2v) is 6.70. The first kappa shape index (κ1) is 33.5. The van der Waals surface area contributed by atoms with Gasteiger partial charge in [-0.2, -0.15) is 0 Å². The Morgan fingerprint density at radius 3 is 0.441 bits per heavy atom. The van der Waals surface area contributed by atoms with E-state index in [1.54, 1.807) is 0 Å². The highest BCUT2D eigenvalue weighted by atomic mass is 16.6. The molecule has 0 aliphatic carbocycles. The summed E-state index contributed by atoms with van der Waals surface area (Å²) in [5.74, 6) is 0. The first-order valence-corrected chi connectivity index (χ1v) is 12.1. The fraction of sp³-hybridized carbons (Fsp3) is 1.00. The van der Waals surface area contributed by atoms with Crippen molar-refractivity contribution in [3.8, 4) is 0 Å². The Morgan fingerprint density at radius 2 is 0.324 bits per heavy atom. The molecular formula is C22H48N2O10. The van der Waals surface area contributed by atoms with E-state index in [-0.39, 0.29) is 0 Å². The normalized spacial score (nSPS) is 11.5. The van der Waals surface area contributed by atoms with Gasteiger partial charge in [0, 0.05) is 13.1 Å². The quantitative estimate of drug-likeness (QED) is 0.113. The van der Waals surface area contributed by atoms with Crippen molar-refractivity contribution >= 4 is 0 Å². The summed E-state index contributed by atoms with van der Waals surface area (Å²) < 4.78 is 53.6. The molecule has 12 heteroatoms. The van der Waals surface area contributed by atoms with Crippen molar-refractivity contribution in [2.24, 2.45) is 11.5 Å². The highest BCUT2D eigenvalue weighted by molar-refractivity contribution is 4.39. The average Bonchev–Trinajstić information content (AvgIpc) is 2.85. The predicted molar refractivity (Wildman–Crippen MR) is 126 cm³/mol. The Balaban J connectivity index is 2.99. The lowest BCUT2D eigenvalue weighted by atomic mass is 10.6. The molecule has 206 valence electrons. The standard InChI is InChI=1S/C22H48N2O10/c23-1-3-25-5-7-27-9-11-29-13-15-31-17-19-33-21-22-34-20-18-32-16-14-30-12-10-28-8-6-26-4-2-24/h1-24H2. The number of rotatable bonds is 31. The SMILES string of the molecule is NCCOCCOCCOCCOCCOCCOCCOCCOCCOCCOCCN. The van der Waals surface area contributed by atoms with Crippen LogP contribution in [0.15, 0.2) is 0 Å². The molecule has 0 aliphatic rings. The van der Waals surface area contributed by atoms with E-state index >= 15 is 0 Å². The summed E-state index contributed by atoms with van der Waals surface area (Å²) in [4.78, 5) is 0. The molecular weight excluding hydrogens is 452 g/mol. The van der Waals surface area contributed by atoms with Crippen LogP contribution in [0.3, 0.4) is 0 Å². The molecule has 0 aliphatic heterocycles. The number of hydrogen-bond acceptors (Lipinski definition) is 12. The minimum atomic E-state index is 0.520. The van der Waals surface area contributed by atoms with Crippen molar-refractivity contribution in [1.29, 1.82) is 0 Å². The Labute approximate surface area is 204 Å². The smallest absolute Gasteiger partial charge is 0.0701 e. The average molecular weight is 501 g/mol. The van der Waals surface area contributed by atoms with Crippen molar-refractivity contribution in [3.63, 3.8) is 0 Å². The Bertz CT molecular complexity index is 328. The maximum atomic E-state index is 5.44. The molecule has 0 aromatic heterocycles. The second-order valence-electron chi connectivity index (χ2n) is 6.70. The number of nitrogens with two attached hydrogens (primary N) is 2. The van der Waals surface area contributed by atoms with Crippen LogP contribution in [-0.4, -0.2) is 145 Å². The molecule has 0 rings (SSSR count). The number of hydrogen-bond donors (Lipinski definition) is 2. The van der Waals surface area contributed by atoms with Crippen molar-refractivity contribution in [2.45, 2.75) is 0 Å². The summed E-state index contributed by atoms with van der Waals surface area (Å²) >= 11 is 0. The third kappa shape index (κ3) is 31.5. The van der Waals surface area contributed by atoms with Crippen LogP contribution in [0, 0.1) is 0 Å². The zero-order valence-electron chi connectivity index (χ0n) is 20.8. The maximum absolute atomic E-state index is 5.44. The molecule has 4 N–H and O–H groups in total. The largest absolute Gasteiger partial charge is 0.378 e. The molecule has 34 heavy (non-hydrogen) atoms. The lowest BCUT2D eigenvalue weighted by Crippen LogP contribution is -2.16. The van der Waals surface area contributed by atoms with Gasteiger partial charge in [-0.1, -0.05) is 0 Å². The Hall–Kier alpha value is -0.480. The molecule has 0 radical (unpaired) electrons. The van der Waals surface area contributed by atoms with Gasteiger partial charge in [-0.05, 0) is 0 Å². The molecule has 0 bridgehead atoms. The van der Waals surface area contributed by atoms with Crippen LogP contribution < -0.4 is 11.5 Å². The lowest BCUT2D eigenvalue weighted by molar-refractivity contribution is -0.0262. The van der Waals surface area contributed by atoms with Crippen LogP contribution in [0.25, 0.3) is 0 Å². The zero-order valence-corrected chi connectivity index (χ0v) is 20.8. The Morgan fingerprint density at radius 1 is 0.206 bits per heavy atom. The summed E-state index contributed by atoms with van der Waals surface area (Å²) in [6, 6.07) is 0. The molecule has 0 unspecified atom stereocenters. The van der Waals surface area contributed by atoms with Crippen LogP contribution in [0.5, 0.6) is 0 Å². The zero-order chi connectivity index (χ0) is 24.6. The van der Waals surface area contributed by atoms with E-state index < -0.39 is 0 Å². The molecule has 0 heterocycles. The molecule has 0 atom stereocenters. The van der Waals surface area contributed by atoms with Gasteiger partial charge in [0.2, 0.25) is 0 Å². The molecule has 0 saturated heterocycles. The van der Waals surface area contributed by atoms with Gasteiger partial charge in [0.25, 0.3) is 0 Å². The first-order valence-electron chi connectivity index (χ1n) is 12.1. The van der Waals surface area contributed by atoms with E-state index in [0.717, 1.165) is 0 Å². The van der Waals surface area contributed by atoms with Gasteiger partial charge in [-0.15, -0.1) is 0 Å². The molecule has 0 saturated carbocycles. The minimum Gasteiger partial charge on any atom is -0.378 e. The molecule has 0 aromatic rings. The van der Waals surface area contributed by atoms with E-state index in [2.05, 4.69) is 0 Å². The van der Waals surface area contributed by atoms with Gasteiger partial charge in [-0.3, -0.25) is 0 Å². The van der Waals surface area contributed by atoms with Crippen LogP contribution >= 0.6 is 0 Å². The van der Waals surface area contributed by atoms with E-state index in [1.165, 1.54) is 0 Å². The van der Waals surface area contributed by atoms with E-state index in [4.69, 9.17) is 58.8 Å². The third-order valence-electron chi connectivity index (χ3n) is 3.87. The monoisotopic (exact) mass is 500 g/mol. The topological polar surface area (TPSA) is 144 Å². The van der Waals surface area contributed by atoms with Crippen molar-refractivity contribution in [1.82, 2.24) is 0 Å². The van der Waals surface area contributed by atoms with E-state index in [1.807, 2.05) is 0 Å². The highest BCUT2D eigenvalue weighted by Gasteiger charge is 1.95. The lowest BCUT2D eigenvalue weighted by Gasteiger charge is -2.09. The van der Waals surface area contributed by atoms with Gasteiger partial charge >= 0.3 is 0 Å². The molecule has 0 aromatic carbocycles. The van der Waals surface area contributed by atoms with Gasteiger partial charge in [0.05, 0.1) is 132 Å². The minimum absolute atomic E-state index is 0.520. The summed E-state index contributed by atoms with van der Waals surface area (Å²) in [5, 5.41) is 0. The van der Waals surface area contributed by atoms with Crippen LogP contribution in [0.4, 0.5) is 0 Å². The summed E-state index contributed by atoms with van der Waals surface area (Å²) in [6.45, 7) is 11.8. The van der Waals surface area contributed by atoms with Gasteiger partial charge in [-0.25, -0.2) is 0 Å². The predicted octanol–water partition coefficient (Wildman–Crippen LogP) is -0.930. The molecule has 0 fully saturated rings. The third-order valence-corrected chi connectivity index (χ3v) is 3.87.